The van der Waals surface area contributed by atoms with E-state index in [1.807, 2.05) is 12.2 Å². The molecule has 13 nitrogen and oxygen atoms in total. The minimum absolute atomic E-state index is 0.0677. The summed E-state index contributed by atoms with van der Waals surface area (Å²) in [5, 5.41) is 50.1. The molecule has 0 bridgehead atoms. The minimum atomic E-state index is -5.13. The first kappa shape index (κ1) is 56.6. The van der Waals surface area contributed by atoms with Crippen LogP contribution >= 0.6 is 7.82 Å². The zero-order valence-corrected chi connectivity index (χ0v) is 38.1. The lowest BCUT2D eigenvalue weighted by atomic mass is 9.85. The Balaban J connectivity index is 2.52. The third kappa shape index (κ3) is 29.5. The molecule has 0 aromatic carbocycles. The zero-order valence-electron chi connectivity index (χ0n) is 37.2. The molecule has 0 aromatic rings. The number of ether oxygens (including phenoxy) is 2. The van der Waals surface area contributed by atoms with Crippen LogP contribution < -0.4 is 0 Å². The Hall–Kier alpha value is -2.45. The normalized spacial score (nSPS) is 22.6. The number of hydrogen-bond donors (Lipinski definition) is 6. The molecule has 1 aliphatic rings. The number of carbonyl (C=O) groups is 2. The summed E-state index contributed by atoms with van der Waals surface area (Å²) < 4.78 is 33.4. The quantitative estimate of drug-likeness (QED) is 0.0149. The second-order valence-corrected chi connectivity index (χ2v) is 17.3. The van der Waals surface area contributed by atoms with Crippen LogP contribution in [0.25, 0.3) is 0 Å². The van der Waals surface area contributed by atoms with E-state index in [-0.39, 0.29) is 12.8 Å². The highest BCUT2D eigenvalue weighted by Gasteiger charge is 2.51. The standard InChI is InChI=1S/C47H81O13P/c1-3-5-7-9-11-13-15-17-19-20-22-23-25-27-29-31-33-35-40(48)57-37-39(38-58-61(55,56)60-47-45(53)43(51)42(50)44(52)46(47)54)59-41(49)36-34-32-30-28-26-24-21-18-16-14-12-10-8-6-4-2/h12,14,17-19,21-23,27,29,39,42-47,50-54H,3-11,13,15-16,20,24-26,28,30-38H2,1-2H3,(H,55,56)/b14-12+,19-17+,21-18+,23-22+,29-27+/t39-,42?,43-,44?,45?,46?,47?/m0/s1. The molecule has 0 heterocycles. The molecule has 1 aliphatic carbocycles. The smallest absolute Gasteiger partial charge is 0.462 e. The van der Waals surface area contributed by atoms with Gasteiger partial charge in [0.1, 0.15) is 43.2 Å². The molecule has 1 rings (SSSR count). The van der Waals surface area contributed by atoms with E-state index in [2.05, 4.69) is 62.5 Å². The third-order valence-electron chi connectivity index (χ3n) is 10.3. The van der Waals surface area contributed by atoms with E-state index >= 15 is 0 Å². The van der Waals surface area contributed by atoms with E-state index in [9.17, 15) is 44.6 Å². The van der Waals surface area contributed by atoms with Crippen molar-refractivity contribution in [2.75, 3.05) is 13.2 Å². The molecule has 0 saturated heterocycles. The highest BCUT2D eigenvalue weighted by molar-refractivity contribution is 7.47. The summed E-state index contributed by atoms with van der Waals surface area (Å²) in [5.74, 6) is -1.18. The van der Waals surface area contributed by atoms with Gasteiger partial charge in [-0.2, -0.15) is 0 Å². The molecule has 8 atom stereocenters. The van der Waals surface area contributed by atoms with Crippen LogP contribution in [0.4, 0.5) is 0 Å². The molecule has 0 radical (unpaired) electrons. The predicted molar refractivity (Wildman–Crippen MR) is 239 cm³/mol. The average molecular weight is 885 g/mol. The van der Waals surface area contributed by atoms with Gasteiger partial charge in [0, 0.05) is 12.8 Å². The van der Waals surface area contributed by atoms with Crippen molar-refractivity contribution in [3.63, 3.8) is 0 Å². The van der Waals surface area contributed by atoms with Crippen LogP contribution in [0.3, 0.4) is 0 Å². The number of phosphoric ester groups is 1. The average Bonchev–Trinajstić information content (AvgIpc) is 3.24. The topological polar surface area (TPSA) is 210 Å². The van der Waals surface area contributed by atoms with Crippen molar-refractivity contribution in [2.24, 2.45) is 0 Å². The van der Waals surface area contributed by atoms with Gasteiger partial charge in [-0.1, -0.05) is 139 Å². The van der Waals surface area contributed by atoms with E-state index in [0.717, 1.165) is 64.2 Å². The molecular formula is C47H81O13P. The Morgan fingerprint density at radius 1 is 0.508 bits per heavy atom. The molecule has 0 aliphatic heterocycles. The third-order valence-corrected chi connectivity index (χ3v) is 11.3. The van der Waals surface area contributed by atoms with Gasteiger partial charge >= 0.3 is 19.8 Å². The van der Waals surface area contributed by atoms with Crippen molar-refractivity contribution in [2.45, 2.75) is 211 Å². The molecule has 1 fully saturated rings. The largest absolute Gasteiger partial charge is 0.472 e. The molecule has 1 saturated carbocycles. The summed E-state index contributed by atoms with van der Waals surface area (Å²) in [7, 11) is -5.13. The first-order valence-corrected chi connectivity index (χ1v) is 24.6. The summed E-state index contributed by atoms with van der Waals surface area (Å²) in [6.07, 6.45) is 31.4. The number of esters is 2. The molecule has 6 N–H and O–H groups in total. The van der Waals surface area contributed by atoms with Crippen LogP contribution in [0.2, 0.25) is 0 Å². The summed E-state index contributed by atoms with van der Waals surface area (Å²) in [6.45, 7) is 3.20. The van der Waals surface area contributed by atoms with E-state index < -0.39 is 75.7 Å². The number of unbranched alkanes of at least 4 members (excludes halogenated alkanes) is 15. The second kappa shape index (κ2) is 37.0. The Morgan fingerprint density at radius 2 is 0.902 bits per heavy atom. The lowest BCUT2D eigenvalue weighted by Crippen LogP contribution is -2.64. The first-order chi connectivity index (χ1) is 29.4. The van der Waals surface area contributed by atoms with Crippen LogP contribution in [0.15, 0.2) is 60.8 Å². The lowest BCUT2D eigenvalue weighted by molar-refractivity contribution is -0.220. The van der Waals surface area contributed by atoms with Crippen molar-refractivity contribution < 1.29 is 63.1 Å². The second-order valence-electron chi connectivity index (χ2n) is 15.9. The fourth-order valence-corrected chi connectivity index (χ4v) is 7.54. The fraction of sp³-hybridized carbons (Fsp3) is 0.745. The zero-order chi connectivity index (χ0) is 45.0. The Labute approximate surface area is 366 Å². The van der Waals surface area contributed by atoms with Crippen LogP contribution in [0.1, 0.15) is 168 Å². The monoisotopic (exact) mass is 885 g/mol. The maximum absolute atomic E-state index is 12.8. The SMILES string of the molecule is CCCCC/C=C/C/C=C/CCCCCCCC(=O)O[C@@H](COC(=O)CCC/C=C/C/C=C/C/C=C/CCCCCCCC)COP(=O)(O)OC1C(O)C(O)C(O)[C@H](O)C1O. The van der Waals surface area contributed by atoms with Crippen molar-refractivity contribution in [3.05, 3.63) is 60.8 Å². The molecule has 352 valence electrons. The van der Waals surface area contributed by atoms with E-state index in [1.54, 1.807) is 0 Å². The van der Waals surface area contributed by atoms with Crippen molar-refractivity contribution >= 4 is 19.8 Å². The van der Waals surface area contributed by atoms with Crippen LogP contribution in [-0.2, 0) is 32.7 Å². The maximum atomic E-state index is 12.8. The van der Waals surface area contributed by atoms with Crippen molar-refractivity contribution in [1.29, 1.82) is 0 Å². The van der Waals surface area contributed by atoms with Gasteiger partial charge in [0.2, 0.25) is 0 Å². The van der Waals surface area contributed by atoms with E-state index in [0.29, 0.717) is 19.3 Å². The number of rotatable bonds is 37. The van der Waals surface area contributed by atoms with E-state index in [1.165, 1.54) is 57.8 Å². The van der Waals surface area contributed by atoms with Crippen LogP contribution in [0.5, 0.6) is 0 Å². The van der Waals surface area contributed by atoms with Crippen LogP contribution in [-0.4, -0.2) is 98.3 Å². The Morgan fingerprint density at radius 3 is 1.43 bits per heavy atom. The van der Waals surface area contributed by atoms with Gasteiger partial charge in [-0.3, -0.25) is 18.6 Å². The summed E-state index contributed by atoms with van der Waals surface area (Å²) in [5.41, 5.74) is 0. The number of carbonyl (C=O) groups excluding carboxylic acids is 2. The molecule has 6 unspecified atom stereocenters. The van der Waals surface area contributed by atoms with Gasteiger partial charge in [0.05, 0.1) is 6.61 Å². The summed E-state index contributed by atoms with van der Waals surface area (Å²) in [6, 6.07) is 0. The number of aliphatic hydroxyl groups excluding tert-OH is 5. The summed E-state index contributed by atoms with van der Waals surface area (Å²) in [4.78, 5) is 35.7. The minimum Gasteiger partial charge on any atom is -0.462 e. The summed E-state index contributed by atoms with van der Waals surface area (Å²) >= 11 is 0. The van der Waals surface area contributed by atoms with E-state index in [4.69, 9.17) is 18.5 Å². The fourth-order valence-electron chi connectivity index (χ4n) is 6.57. The van der Waals surface area contributed by atoms with Gasteiger partial charge < -0.3 is 39.9 Å². The van der Waals surface area contributed by atoms with Crippen molar-refractivity contribution in [3.8, 4) is 0 Å². The Bertz CT molecular complexity index is 1300. The van der Waals surface area contributed by atoms with Gasteiger partial charge in [-0.15, -0.1) is 0 Å². The molecule has 14 heteroatoms. The highest BCUT2D eigenvalue weighted by atomic mass is 31.2. The first-order valence-electron chi connectivity index (χ1n) is 23.1. The number of phosphoric acid groups is 1. The van der Waals surface area contributed by atoms with Gasteiger partial charge in [-0.05, 0) is 77.0 Å². The highest BCUT2D eigenvalue weighted by Crippen LogP contribution is 2.47. The van der Waals surface area contributed by atoms with Crippen LogP contribution in [0, 0.1) is 0 Å². The Kier molecular flexibility index (Phi) is 34.3. The predicted octanol–water partition coefficient (Wildman–Crippen LogP) is 8.94. The van der Waals surface area contributed by atoms with Gasteiger partial charge in [0.15, 0.2) is 6.10 Å². The molecule has 0 amide bonds. The number of aliphatic hydroxyl groups is 5. The number of allylic oxidation sites excluding steroid dienone is 10. The molecule has 0 aromatic heterocycles. The molecule has 61 heavy (non-hydrogen) atoms. The molecular weight excluding hydrogens is 803 g/mol. The molecule has 0 spiro atoms. The number of hydrogen-bond acceptors (Lipinski definition) is 12. The van der Waals surface area contributed by atoms with Gasteiger partial charge in [0.25, 0.3) is 0 Å². The van der Waals surface area contributed by atoms with Gasteiger partial charge in [-0.25, -0.2) is 4.57 Å². The maximum Gasteiger partial charge on any atom is 0.472 e. The van der Waals surface area contributed by atoms with Crippen molar-refractivity contribution in [1.82, 2.24) is 0 Å². The lowest BCUT2D eigenvalue weighted by Gasteiger charge is -2.41.